The first-order valence-electron chi connectivity index (χ1n) is 5.40. The predicted molar refractivity (Wildman–Crippen MR) is 83.8 cm³/mol. The van der Waals surface area contributed by atoms with Gasteiger partial charge >= 0.3 is 0 Å². The minimum atomic E-state index is -3.67. The molecule has 0 saturated carbocycles. The molecule has 1 N–H and O–H groups in total. The number of sulfonamides is 1. The van der Waals surface area contributed by atoms with E-state index in [1.165, 1.54) is 18.2 Å². The first-order chi connectivity index (χ1) is 9.42. The molecule has 2 aromatic rings. The van der Waals surface area contributed by atoms with E-state index in [4.69, 9.17) is 5.26 Å². The van der Waals surface area contributed by atoms with E-state index in [0.29, 0.717) is 20.2 Å². The van der Waals surface area contributed by atoms with E-state index in [1.54, 1.807) is 24.3 Å². The third kappa shape index (κ3) is 3.39. The van der Waals surface area contributed by atoms with Crippen LogP contribution < -0.4 is 4.72 Å². The zero-order chi connectivity index (χ0) is 14.8. The fraction of sp³-hybridized carbons (Fsp3) is 0. The highest BCUT2D eigenvalue weighted by atomic mass is 79.9. The SMILES string of the molecule is N#Cc1ccc(NS(=O)(=O)c2cccc(Br)c2)c(Br)c1. The van der Waals surface area contributed by atoms with E-state index in [1.807, 2.05) is 6.07 Å². The fourth-order valence-corrected chi connectivity index (χ4v) is 3.79. The van der Waals surface area contributed by atoms with Crippen LogP contribution in [0.15, 0.2) is 56.3 Å². The molecule has 0 amide bonds. The molecule has 0 aliphatic heterocycles. The maximum absolute atomic E-state index is 12.2. The van der Waals surface area contributed by atoms with Crippen molar-refractivity contribution in [1.29, 1.82) is 5.26 Å². The molecule has 4 nitrogen and oxygen atoms in total. The lowest BCUT2D eigenvalue weighted by Gasteiger charge is -2.10. The molecule has 0 bridgehead atoms. The number of hydrogen-bond donors (Lipinski definition) is 1. The first kappa shape index (κ1) is 15.0. The van der Waals surface area contributed by atoms with Crippen LogP contribution in [0, 0.1) is 11.3 Å². The molecule has 2 aromatic carbocycles. The van der Waals surface area contributed by atoms with E-state index < -0.39 is 10.0 Å². The van der Waals surface area contributed by atoms with Crippen LogP contribution in [-0.4, -0.2) is 8.42 Å². The van der Waals surface area contributed by atoms with Crippen LogP contribution >= 0.6 is 31.9 Å². The van der Waals surface area contributed by atoms with Crippen LogP contribution in [-0.2, 0) is 10.0 Å². The summed E-state index contributed by atoms with van der Waals surface area (Å²) in [5.41, 5.74) is 0.825. The number of anilines is 1. The van der Waals surface area contributed by atoms with Crippen molar-refractivity contribution < 1.29 is 8.42 Å². The summed E-state index contributed by atoms with van der Waals surface area (Å²) < 4.78 is 28.2. The Morgan fingerprint density at radius 3 is 2.45 bits per heavy atom. The van der Waals surface area contributed by atoms with E-state index >= 15 is 0 Å². The molecule has 0 fully saturated rings. The van der Waals surface area contributed by atoms with Crippen molar-refractivity contribution in [2.45, 2.75) is 4.90 Å². The number of hydrogen-bond acceptors (Lipinski definition) is 3. The van der Waals surface area contributed by atoms with Gasteiger partial charge in [0.1, 0.15) is 0 Å². The maximum atomic E-state index is 12.2. The molecule has 20 heavy (non-hydrogen) atoms. The molecule has 7 heteroatoms. The van der Waals surface area contributed by atoms with Crippen LogP contribution in [0.25, 0.3) is 0 Å². The van der Waals surface area contributed by atoms with Gasteiger partial charge in [-0.15, -0.1) is 0 Å². The van der Waals surface area contributed by atoms with Gasteiger partial charge in [-0.3, -0.25) is 4.72 Å². The Labute approximate surface area is 133 Å². The van der Waals surface area contributed by atoms with Crippen LogP contribution in [0.4, 0.5) is 5.69 Å². The molecule has 2 rings (SSSR count). The standard InChI is InChI=1S/C13H8Br2N2O2S/c14-10-2-1-3-11(7-10)20(18,19)17-13-5-4-9(8-16)6-12(13)15/h1-7,17H. The van der Waals surface area contributed by atoms with Gasteiger partial charge in [-0.05, 0) is 52.3 Å². The summed E-state index contributed by atoms with van der Waals surface area (Å²) in [7, 11) is -3.67. The molecule has 0 spiro atoms. The van der Waals surface area contributed by atoms with Crippen molar-refractivity contribution in [3.8, 4) is 6.07 Å². The Hall–Kier alpha value is -1.36. The average molecular weight is 416 g/mol. The van der Waals surface area contributed by atoms with Gasteiger partial charge in [-0.2, -0.15) is 5.26 Å². The second-order valence-corrected chi connectivity index (χ2v) is 7.32. The van der Waals surface area contributed by atoms with E-state index in [2.05, 4.69) is 36.6 Å². The average Bonchev–Trinajstić information content (AvgIpc) is 2.41. The molecule has 0 radical (unpaired) electrons. The molecular weight excluding hydrogens is 408 g/mol. The molecule has 0 aliphatic rings. The summed E-state index contributed by atoms with van der Waals surface area (Å²) in [6.45, 7) is 0. The Kier molecular flexibility index (Phi) is 4.48. The Balaban J connectivity index is 2.36. The van der Waals surface area contributed by atoms with Gasteiger partial charge in [-0.1, -0.05) is 22.0 Å². The van der Waals surface area contributed by atoms with Gasteiger partial charge in [0, 0.05) is 8.95 Å². The Morgan fingerprint density at radius 2 is 1.85 bits per heavy atom. The summed E-state index contributed by atoms with van der Waals surface area (Å²) >= 11 is 6.48. The van der Waals surface area contributed by atoms with Crippen molar-refractivity contribution in [3.05, 3.63) is 57.0 Å². The third-order valence-corrected chi connectivity index (χ3v) is 4.96. The summed E-state index contributed by atoms with van der Waals surface area (Å²) in [6.07, 6.45) is 0. The maximum Gasteiger partial charge on any atom is 0.261 e. The third-order valence-electron chi connectivity index (χ3n) is 2.45. The van der Waals surface area contributed by atoms with Gasteiger partial charge < -0.3 is 0 Å². The minimum absolute atomic E-state index is 0.156. The quantitative estimate of drug-likeness (QED) is 0.826. The fourth-order valence-electron chi connectivity index (χ4n) is 1.51. The van der Waals surface area contributed by atoms with Crippen LogP contribution in [0.2, 0.25) is 0 Å². The zero-order valence-corrected chi connectivity index (χ0v) is 14.0. The van der Waals surface area contributed by atoms with Gasteiger partial charge in [0.05, 0.1) is 22.2 Å². The molecule has 0 atom stereocenters. The highest BCUT2D eigenvalue weighted by Crippen LogP contribution is 2.26. The second-order valence-electron chi connectivity index (χ2n) is 3.87. The van der Waals surface area contributed by atoms with Gasteiger partial charge in [-0.25, -0.2) is 8.42 Å². The van der Waals surface area contributed by atoms with Crippen LogP contribution in [0.5, 0.6) is 0 Å². The molecule has 102 valence electrons. The summed E-state index contributed by atoms with van der Waals surface area (Å²) in [5, 5.41) is 8.78. The molecule has 0 aliphatic carbocycles. The molecule has 0 saturated heterocycles. The lowest BCUT2D eigenvalue weighted by Crippen LogP contribution is -2.13. The summed E-state index contributed by atoms with van der Waals surface area (Å²) in [6, 6.07) is 13.0. The highest BCUT2D eigenvalue weighted by molar-refractivity contribution is 9.10. The molecule has 0 heterocycles. The number of nitrogens with zero attached hydrogens (tertiary/aromatic N) is 1. The second kappa shape index (κ2) is 5.95. The molecular formula is C13H8Br2N2O2S. The Morgan fingerprint density at radius 1 is 1.10 bits per heavy atom. The monoisotopic (exact) mass is 414 g/mol. The van der Waals surface area contributed by atoms with Gasteiger partial charge in [0.25, 0.3) is 10.0 Å². The molecule has 0 aromatic heterocycles. The van der Waals surface area contributed by atoms with Crippen molar-refractivity contribution >= 4 is 47.6 Å². The normalized spacial score (nSPS) is 10.8. The van der Waals surface area contributed by atoms with Crippen molar-refractivity contribution in [3.63, 3.8) is 0 Å². The zero-order valence-electron chi connectivity index (χ0n) is 9.97. The van der Waals surface area contributed by atoms with Gasteiger partial charge in [0.2, 0.25) is 0 Å². The van der Waals surface area contributed by atoms with Crippen molar-refractivity contribution in [2.75, 3.05) is 4.72 Å². The van der Waals surface area contributed by atoms with Crippen LogP contribution in [0.3, 0.4) is 0 Å². The number of nitrogens with one attached hydrogen (secondary N) is 1. The predicted octanol–water partition coefficient (Wildman–Crippen LogP) is 3.88. The topological polar surface area (TPSA) is 70.0 Å². The van der Waals surface area contributed by atoms with E-state index in [9.17, 15) is 8.42 Å². The van der Waals surface area contributed by atoms with Crippen molar-refractivity contribution in [2.24, 2.45) is 0 Å². The van der Waals surface area contributed by atoms with E-state index in [0.717, 1.165) is 0 Å². The highest BCUT2D eigenvalue weighted by Gasteiger charge is 2.16. The van der Waals surface area contributed by atoms with Crippen LogP contribution in [0.1, 0.15) is 5.56 Å². The molecule has 0 unspecified atom stereocenters. The summed E-state index contributed by atoms with van der Waals surface area (Å²) in [5.74, 6) is 0. The first-order valence-corrected chi connectivity index (χ1v) is 8.47. The number of halogens is 2. The lowest BCUT2D eigenvalue weighted by molar-refractivity contribution is 0.601. The Bertz CT molecular complexity index is 798. The smallest absolute Gasteiger partial charge is 0.261 e. The lowest BCUT2D eigenvalue weighted by atomic mass is 10.2. The number of benzene rings is 2. The number of nitriles is 1. The minimum Gasteiger partial charge on any atom is -0.278 e. The van der Waals surface area contributed by atoms with Gasteiger partial charge in [0.15, 0.2) is 0 Å². The van der Waals surface area contributed by atoms with E-state index in [-0.39, 0.29) is 4.90 Å². The largest absolute Gasteiger partial charge is 0.278 e. The number of rotatable bonds is 3. The summed E-state index contributed by atoms with van der Waals surface area (Å²) in [4.78, 5) is 0.156. The van der Waals surface area contributed by atoms with Crippen molar-refractivity contribution in [1.82, 2.24) is 0 Å².